The largest absolute Gasteiger partial charge is 0.118 e. The quantitative estimate of drug-likeness (QED) is 0.447. The first-order valence-corrected chi connectivity index (χ1v) is 11.8. The number of terminal acetylenes is 1. The molecule has 2 heteroatoms. The Bertz CT molecular complexity index is 1150. The van der Waals surface area contributed by atoms with Crippen molar-refractivity contribution in [2.45, 2.75) is 53.4 Å². The van der Waals surface area contributed by atoms with Crippen LogP contribution in [0, 0.1) is 47.9 Å². The number of rotatable bonds is 4. The van der Waals surface area contributed by atoms with Crippen LogP contribution in [0.4, 0.5) is 0 Å². The number of allylic oxidation sites excluding steroid dienone is 4. The topological polar surface area (TPSA) is 0 Å². The molecule has 2 aromatic rings. The second kappa shape index (κ2) is 12.6. The van der Waals surface area contributed by atoms with Crippen molar-refractivity contribution in [2.75, 3.05) is 0 Å². The predicted molar refractivity (Wildman–Crippen MR) is 133 cm³/mol. The highest BCUT2D eigenvalue weighted by Gasteiger charge is 1.99. The highest BCUT2D eigenvalue weighted by atomic mass is 32.1. The predicted octanol–water partition coefficient (Wildman–Crippen LogP) is 7.41. The van der Waals surface area contributed by atoms with Crippen LogP contribution < -0.4 is 0 Å². The molecule has 0 aromatic carbocycles. The third-order valence-electron chi connectivity index (χ3n) is 4.14. The number of hydrogen-bond donors (Lipinski definition) is 0. The SMILES string of the molecule is C#Cc1ccc(C#C/C(C)=C(/C#Cc2ccc(C#C/C(C)=C\CCC)s2)CCC)s1. The van der Waals surface area contributed by atoms with E-state index in [0.717, 1.165) is 61.9 Å². The van der Waals surface area contributed by atoms with E-state index in [1.165, 1.54) is 0 Å². The van der Waals surface area contributed by atoms with E-state index in [1.807, 2.05) is 31.2 Å². The molecule has 0 aliphatic heterocycles. The molecule has 0 saturated heterocycles. The molecule has 0 radical (unpaired) electrons. The fourth-order valence-corrected chi connectivity index (χ4v) is 3.87. The molecule has 30 heavy (non-hydrogen) atoms. The number of thiophene rings is 2. The minimum Gasteiger partial charge on any atom is -0.118 e. The smallest absolute Gasteiger partial charge is 0.0785 e. The van der Waals surface area contributed by atoms with E-state index < -0.39 is 0 Å². The maximum atomic E-state index is 5.43. The average Bonchev–Trinajstić information content (AvgIpc) is 3.41. The number of unbranched alkanes of at least 4 members (excludes halogenated alkanes) is 1. The summed E-state index contributed by atoms with van der Waals surface area (Å²) in [5, 5.41) is 0. The van der Waals surface area contributed by atoms with Crippen molar-refractivity contribution in [3.05, 3.63) is 66.6 Å². The van der Waals surface area contributed by atoms with E-state index in [9.17, 15) is 0 Å². The maximum absolute atomic E-state index is 5.43. The van der Waals surface area contributed by atoms with Crippen LogP contribution in [0.1, 0.15) is 72.9 Å². The van der Waals surface area contributed by atoms with Gasteiger partial charge < -0.3 is 0 Å². The Morgan fingerprint density at radius 3 is 1.97 bits per heavy atom. The molecular formula is C28H26S2. The van der Waals surface area contributed by atoms with Crippen molar-refractivity contribution in [1.29, 1.82) is 0 Å². The van der Waals surface area contributed by atoms with E-state index in [0.29, 0.717) is 0 Å². The van der Waals surface area contributed by atoms with Crippen LogP contribution in [0.25, 0.3) is 0 Å². The summed E-state index contributed by atoms with van der Waals surface area (Å²) < 4.78 is 0. The summed E-state index contributed by atoms with van der Waals surface area (Å²) in [6.45, 7) is 8.44. The fourth-order valence-electron chi connectivity index (χ4n) is 2.49. The molecule has 0 amide bonds. The van der Waals surface area contributed by atoms with Crippen LogP contribution >= 0.6 is 22.7 Å². The van der Waals surface area contributed by atoms with Crippen molar-refractivity contribution in [3.63, 3.8) is 0 Å². The zero-order valence-corrected chi connectivity index (χ0v) is 19.7. The molecule has 0 nitrogen and oxygen atoms in total. The summed E-state index contributed by atoms with van der Waals surface area (Å²) in [7, 11) is 0. The van der Waals surface area contributed by atoms with Crippen molar-refractivity contribution in [3.8, 4) is 47.9 Å². The molecule has 2 aromatic heterocycles. The molecule has 0 atom stereocenters. The Labute approximate surface area is 190 Å². The second-order valence-electron chi connectivity index (χ2n) is 6.75. The molecular weight excluding hydrogens is 400 g/mol. The van der Waals surface area contributed by atoms with E-state index in [1.54, 1.807) is 22.7 Å². The molecule has 0 aliphatic rings. The molecule has 0 spiro atoms. The summed E-state index contributed by atoms with van der Waals surface area (Å²) in [5.41, 5.74) is 3.24. The van der Waals surface area contributed by atoms with Crippen LogP contribution in [0.5, 0.6) is 0 Å². The van der Waals surface area contributed by atoms with Gasteiger partial charge in [-0.25, -0.2) is 0 Å². The Morgan fingerprint density at radius 1 is 0.833 bits per heavy atom. The third kappa shape index (κ3) is 7.86. The fraction of sp³-hybridized carbons (Fsp3) is 0.286. The van der Waals surface area contributed by atoms with Gasteiger partial charge >= 0.3 is 0 Å². The van der Waals surface area contributed by atoms with Crippen LogP contribution in [-0.4, -0.2) is 0 Å². The Hall–Kier alpha value is -2.88. The van der Waals surface area contributed by atoms with Gasteiger partial charge in [0.1, 0.15) is 0 Å². The van der Waals surface area contributed by atoms with Crippen molar-refractivity contribution in [1.82, 2.24) is 0 Å². The average molecular weight is 427 g/mol. The van der Waals surface area contributed by atoms with Gasteiger partial charge in [0.05, 0.1) is 19.5 Å². The lowest BCUT2D eigenvalue weighted by molar-refractivity contribution is 0.925. The first kappa shape index (κ1) is 23.4. The standard InChI is InChI=1S/C28H26S2/c1-6-9-11-22(4)12-15-26-20-21-28(30-26)17-14-24(10-7-2)23(5)13-16-27-19-18-25(8-3)29-27/h3,11,18-21H,6-7,9-10H2,1-2,4-5H3/b22-11-,24-23+. The van der Waals surface area contributed by atoms with Crippen molar-refractivity contribution >= 4 is 22.7 Å². The monoisotopic (exact) mass is 426 g/mol. The second-order valence-corrected chi connectivity index (χ2v) is 8.92. The van der Waals surface area contributed by atoms with E-state index in [2.05, 4.69) is 68.3 Å². The van der Waals surface area contributed by atoms with Gasteiger partial charge in [0.2, 0.25) is 0 Å². The molecule has 2 rings (SSSR count). The zero-order valence-electron chi connectivity index (χ0n) is 18.1. The highest BCUT2D eigenvalue weighted by Crippen LogP contribution is 2.17. The molecule has 0 N–H and O–H groups in total. The highest BCUT2D eigenvalue weighted by molar-refractivity contribution is 7.13. The molecule has 0 unspecified atom stereocenters. The van der Waals surface area contributed by atoms with Gasteiger partial charge in [-0.2, -0.15) is 0 Å². The molecule has 0 fully saturated rings. The Morgan fingerprint density at radius 2 is 1.40 bits per heavy atom. The summed E-state index contributed by atoms with van der Waals surface area (Å²) in [6.07, 6.45) is 11.8. The summed E-state index contributed by atoms with van der Waals surface area (Å²) in [6, 6.07) is 7.99. The van der Waals surface area contributed by atoms with Gasteiger partial charge in [0, 0.05) is 11.1 Å². The van der Waals surface area contributed by atoms with E-state index in [-0.39, 0.29) is 0 Å². The minimum atomic E-state index is 0.905. The van der Waals surface area contributed by atoms with Crippen molar-refractivity contribution in [2.24, 2.45) is 0 Å². The van der Waals surface area contributed by atoms with Gasteiger partial charge in [-0.3, -0.25) is 0 Å². The van der Waals surface area contributed by atoms with Crippen LogP contribution in [0.3, 0.4) is 0 Å². The van der Waals surface area contributed by atoms with Gasteiger partial charge in [-0.15, -0.1) is 29.1 Å². The molecule has 0 saturated carbocycles. The minimum absolute atomic E-state index is 0.905. The first-order chi connectivity index (χ1) is 14.5. The maximum Gasteiger partial charge on any atom is 0.0785 e. The summed E-state index contributed by atoms with van der Waals surface area (Å²) in [4.78, 5) is 3.96. The molecule has 2 heterocycles. The zero-order chi connectivity index (χ0) is 21.8. The lowest BCUT2D eigenvalue weighted by Crippen LogP contribution is -1.84. The Kier molecular flexibility index (Phi) is 9.85. The molecule has 0 aliphatic carbocycles. The normalized spacial score (nSPS) is 11.1. The van der Waals surface area contributed by atoms with Crippen LogP contribution in [-0.2, 0) is 0 Å². The van der Waals surface area contributed by atoms with Gasteiger partial charge in [0.25, 0.3) is 0 Å². The first-order valence-electron chi connectivity index (χ1n) is 10.1. The van der Waals surface area contributed by atoms with Crippen molar-refractivity contribution < 1.29 is 0 Å². The van der Waals surface area contributed by atoms with Gasteiger partial charge in [-0.1, -0.05) is 74.2 Å². The Balaban J connectivity index is 2.19. The third-order valence-corrected chi connectivity index (χ3v) is 5.99. The lowest BCUT2D eigenvalue weighted by Gasteiger charge is -1.98. The summed E-state index contributed by atoms with van der Waals surface area (Å²) in [5.74, 6) is 22.2. The molecule has 0 bridgehead atoms. The van der Waals surface area contributed by atoms with E-state index in [4.69, 9.17) is 6.42 Å². The van der Waals surface area contributed by atoms with Crippen LogP contribution in [0.15, 0.2) is 47.1 Å². The van der Waals surface area contributed by atoms with Crippen LogP contribution in [0.2, 0.25) is 0 Å². The summed E-state index contributed by atoms with van der Waals surface area (Å²) >= 11 is 3.18. The number of hydrogen-bond acceptors (Lipinski definition) is 2. The molecule has 150 valence electrons. The van der Waals surface area contributed by atoms with Gasteiger partial charge in [0.15, 0.2) is 0 Å². The van der Waals surface area contributed by atoms with Gasteiger partial charge in [-0.05, 0) is 56.5 Å². The van der Waals surface area contributed by atoms with E-state index >= 15 is 0 Å². The lowest BCUT2D eigenvalue weighted by atomic mass is 10.1.